The van der Waals surface area contributed by atoms with Gasteiger partial charge in [-0.1, -0.05) is 12.1 Å². The van der Waals surface area contributed by atoms with E-state index < -0.39 is 9.84 Å². The van der Waals surface area contributed by atoms with Gasteiger partial charge >= 0.3 is 0 Å². The first-order chi connectivity index (χ1) is 15.5. The minimum atomic E-state index is -3.34. The van der Waals surface area contributed by atoms with E-state index in [0.717, 1.165) is 11.1 Å². The third-order valence-corrected chi connectivity index (χ3v) is 6.36. The van der Waals surface area contributed by atoms with Gasteiger partial charge in [-0.3, -0.25) is 19.4 Å². The van der Waals surface area contributed by atoms with Gasteiger partial charge in [0, 0.05) is 25.5 Å². The number of pyridine rings is 2. The molecule has 180 valence electrons. The molecule has 0 saturated heterocycles. The summed E-state index contributed by atoms with van der Waals surface area (Å²) in [5, 5.41) is 5.37. The molecular weight excluding hydrogens is 444 g/mol. The summed E-state index contributed by atoms with van der Waals surface area (Å²) in [5.74, 6) is 0.230. The van der Waals surface area contributed by atoms with Crippen LogP contribution >= 0.6 is 0 Å². The Kier molecular flexibility index (Phi) is 9.89. The van der Waals surface area contributed by atoms with E-state index in [1.54, 1.807) is 48.4 Å². The molecule has 0 unspecified atom stereocenters. The van der Waals surface area contributed by atoms with Crippen molar-refractivity contribution in [3.63, 3.8) is 0 Å². The molecule has 0 radical (unpaired) electrons. The van der Waals surface area contributed by atoms with E-state index in [4.69, 9.17) is 0 Å². The van der Waals surface area contributed by atoms with Crippen LogP contribution in [-0.2, 0) is 19.4 Å². The second kappa shape index (κ2) is 12.4. The number of likely N-dealkylation sites (N-methyl/N-ethyl adjacent to an activating group) is 2. The molecule has 2 amide bonds. The molecule has 0 aliphatic carbocycles. The Morgan fingerprint density at radius 3 is 1.52 bits per heavy atom. The standard InChI is InChI=1S/C22H32N6O4S/c1-17-5-7-19(23-13-17)25-21(29)15-27(3)9-11-33(31,32)12-10-28(4)16-22(30)26-20-8-6-18(2)14-24-20/h5-8,13-14H,9-12,15-16H2,1-4H3,(H,23,25,29)(H,24,26,30). The second-order valence-corrected chi connectivity index (χ2v) is 10.5. The normalized spacial score (nSPS) is 11.6. The molecule has 0 bridgehead atoms. The second-order valence-electron chi connectivity index (χ2n) is 8.17. The van der Waals surface area contributed by atoms with Crippen molar-refractivity contribution in [1.29, 1.82) is 0 Å². The maximum atomic E-state index is 12.4. The minimum absolute atomic E-state index is 0.0538. The number of amides is 2. The monoisotopic (exact) mass is 476 g/mol. The molecule has 0 aliphatic heterocycles. The number of hydrogen-bond donors (Lipinski definition) is 2. The van der Waals surface area contributed by atoms with Crippen LogP contribution in [0.1, 0.15) is 11.1 Å². The maximum Gasteiger partial charge on any atom is 0.239 e. The number of aromatic nitrogens is 2. The highest BCUT2D eigenvalue weighted by molar-refractivity contribution is 7.91. The number of carbonyl (C=O) groups is 2. The number of nitrogens with zero attached hydrogens (tertiary/aromatic N) is 4. The smallest absolute Gasteiger partial charge is 0.239 e. The molecule has 0 aliphatic rings. The predicted octanol–water partition coefficient (Wildman–Crippen LogP) is 0.949. The zero-order chi connectivity index (χ0) is 24.4. The number of hydrogen-bond acceptors (Lipinski definition) is 8. The molecular formula is C22H32N6O4S. The van der Waals surface area contributed by atoms with Gasteiger partial charge in [-0.05, 0) is 51.2 Å². The fourth-order valence-corrected chi connectivity index (χ4v) is 4.17. The lowest BCUT2D eigenvalue weighted by Gasteiger charge is -2.18. The molecule has 0 aromatic carbocycles. The zero-order valence-corrected chi connectivity index (χ0v) is 20.4. The maximum absolute atomic E-state index is 12.4. The predicted molar refractivity (Wildman–Crippen MR) is 129 cm³/mol. The molecule has 10 nitrogen and oxygen atoms in total. The van der Waals surface area contributed by atoms with E-state index in [9.17, 15) is 18.0 Å². The van der Waals surface area contributed by atoms with Crippen LogP contribution in [0.3, 0.4) is 0 Å². The molecule has 2 heterocycles. The van der Waals surface area contributed by atoms with E-state index in [1.165, 1.54) is 0 Å². The van der Waals surface area contributed by atoms with Crippen molar-refractivity contribution in [2.75, 3.05) is 62.4 Å². The van der Waals surface area contributed by atoms with Crippen LogP contribution in [0, 0.1) is 13.8 Å². The molecule has 0 atom stereocenters. The molecule has 0 saturated carbocycles. The van der Waals surface area contributed by atoms with Gasteiger partial charge < -0.3 is 10.6 Å². The average molecular weight is 477 g/mol. The topological polar surface area (TPSA) is 125 Å². The Bertz CT molecular complexity index is 948. The van der Waals surface area contributed by atoms with Crippen LogP contribution in [0.5, 0.6) is 0 Å². The SMILES string of the molecule is Cc1ccc(NC(=O)CN(C)CCS(=O)(=O)CCN(C)CC(=O)Nc2ccc(C)cn2)nc1. The number of carbonyl (C=O) groups excluding carboxylic acids is 2. The highest BCUT2D eigenvalue weighted by atomic mass is 32.2. The summed E-state index contributed by atoms with van der Waals surface area (Å²) in [6.45, 7) is 4.36. The molecule has 2 aromatic rings. The lowest BCUT2D eigenvalue weighted by molar-refractivity contribution is -0.117. The van der Waals surface area contributed by atoms with Gasteiger partial charge in [0.05, 0.1) is 24.6 Å². The Labute approximate surface area is 195 Å². The molecule has 2 N–H and O–H groups in total. The van der Waals surface area contributed by atoms with Crippen LogP contribution in [-0.4, -0.2) is 91.8 Å². The largest absolute Gasteiger partial charge is 0.310 e. The summed E-state index contributed by atoms with van der Waals surface area (Å²) >= 11 is 0. The van der Waals surface area contributed by atoms with E-state index >= 15 is 0 Å². The van der Waals surface area contributed by atoms with Gasteiger partial charge in [0.2, 0.25) is 11.8 Å². The van der Waals surface area contributed by atoms with Crippen LogP contribution in [0.25, 0.3) is 0 Å². The Morgan fingerprint density at radius 2 is 1.18 bits per heavy atom. The lowest BCUT2D eigenvalue weighted by atomic mass is 10.3. The van der Waals surface area contributed by atoms with Gasteiger partial charge in [-0.2, -0.15) is 0 Å². The number of aryl methyl sites for hydroxylation is 2. The summed E-state index contributed by atoms with van der Waals surface area (Å²) in [7, 11) is 0.0334. The molecule has 2 rings (SSSR count). The van der Waals surface area contributed by atoms with Crippen molar-refractivity contribution < 1.29 is 18.0 Å². The first-order valence-electron chi connectivity index (χ1n) is 10.5. The number of rotatable bonds is 12. The highest BCUT2D eigenvalue weighted by Gasteiger charge is 2.16. The molecule has 33 heavy (non-hydrogen) atoms. The Morgan fingerprint density at radius 1 is 0.788 bits per heavy atom. The average Bonchev–Trinajstić information content (AvgIpc) is 2.74. The van der Waals surface area contributed by atoms with Gasteiger partial charge in [0.25, 0.3) is 0 Å². The van der Waals surface area contributed by atoms with E-state index in [1.807, 2.05) is 26.0 Å². The number of anilines is 2. The molecule has 11 heteroatoms. The first-order valence-corrected chi connectivity index (χ1v) is 12.4. The zero-order valence-electron chi connectivity index (χ0n) is 19.5. The highest BCUT2D eigenvalue weighted by Crippen LogP contribution is 2.05. The Balaban J connectivity index is 1.68. The molecule has 0 fully saturated rings. The van der Waals surface area contributed by atoms with E-state index in [2.05, 4.69) is 20.6 Å². The fourth-order valence-electron chi connectivity index (χ4n) is 2.79. The van der Waals surface area contributed by atoms with Crippen LogP contribution in [0.2, 0.25) is 0 Å². The van der Waals surface area contributed by atoms with Gasteiger partial charge in [0.15, 0.2) is 9.84 Å². The summed E-state index contributed by atoms with van der Waals surface area (Å²) in [5.41, 5.74) is 1.98. The van der Waals surface area contributed by atoms with Crippen molar-refractivity contribution in [3.05, 3.63) is 47.8 Å². The van der Waals surface area contributed by atoms with Gasteiger partial charge in [-0.15, -0.1) is 0 Å². The van der Waals surface area contributed by atoms with Crippen LogP contribution in [0.4, 0.5) is 11.6 Å². The summed E-state index contributed by atoms with van der Waals surface area (Å²) in [4.78, 5) is 35.7. The lowest BCUT2D eigenvalue weighted by Crippen LogP contribution is -2.36. The van der Waals surface area contributed by atoms with Crippen LogP contribution < -0.4 is 10.6 Å². The summed E-state index contributed by atoms with van der Waals surface area (Å²) in [6, 6.07) is 7.12. The van der Waals surface area contributed by atoms with Crippen molar-refractivity contribution in [1.82, 2.24) is 19.8 Å². The third-order valence-electron chi connectivity index (χ3n) is 4.75. The van der Waals surface area contributed by atoms with E-state index in [0.29, 0.717) is 11.6 Å². The number of nitrogens with one attached hydrogen (secondary N) is 2. The van der Waals surface area contributed by atoms with Gasteiger partial charge in [-0.25, -0.2) is 18.4 Å². The van der Waals surface area contributed by atoms with Gasteiger partial charge in [0.1, 0.15) is 11.6 Å². The van der Waals surface area contributed by atoms with Crippen molar-refractivity contribution >= 4 is 33.3 Å². The third kappa shape index (κ3) is 10.5. The van der Waals surface area contributed by atoms with Crippen molar-refractivity contribution in [2.24, 2.45) is 0 Å². The molecule has 0 spiro atoms. The minimum Gasteiger partial charge on any atom is -0.310 e. The van der Waals surface area contributed by atoms with E-state index in [-0.39, 0.29) is 49.5 Å². The Hall–Kier alpha value is -2.89. The fraction of sp³-hybridized carbons (Fsp3) is 0.455. The first kappa shape index (κ1) is 26.4. The summed E-state index contributed by atoms with van der Waals surface area (Å²) in [6.07, 6.45) is 3.32. The van der Waals surface area contributed by atoms with Crippen LogP contribution in [0.15, 0.2) is 36.7 Å². The summed E-state index contributed by atoms with van der Waals surface area (Å²) < 4.78 is 24.8. The van der Waals surface area contributed by atoms with Crippen molar-refractivity contribution in [3.8, 4) is 0 Å². The quantitative estimate of drug-likeness (QED) is 0.464. The number of sulfone groups is 1. The van der Waals surface area contributed by atoms with Crippen molar-refractivity contribution in [2.45, 2.75) is 13.8 Å². The molecule has 2 aromatic heterocycles.